The Morgan fingerprint density at radius 3 is 2.67 bits per heavy atom. The standard InChI is InChI=1S/C13H28N2/c1-5-9-14-12-7-8-13(10-12)15(4)11(3)6-2/h11-14H,5-10H2,1-4H3. The van der Waals surface area contributed by atoms with Gasteiger partial charge in [0.2, 0.25) is 0 Å². The lowest BCUT2D eigenvalue weighted by Crippen LogP contribution is -2.38. The maximum atomic E-state index is 3.65. The highest BCUT2D eigenvalue weighted by Gasteiger charge is 2.28. The van der Waals surface area contributed by atoms with E-state index in [0.29, 0.717) is 0 Å². The van der Waals surface area contributed by atoms with Gasteiger partial charge in [0.25, 0.3) is 0 Å². The topological polar surface area (TPSA) is 15.3 Å². The molecule has 15 heavy (non-hydrogen) atoms. The van der Waals surface area contributed by atoms with E-state index in [2.05, 4.69) is 38.0 Å². The molecule has 1 N–H and O–H groups in total. The van der Waals surface area contributed by atoms with Crippen molar-refractivity contribution in [3.05, 3.63) is 0 Å². The van der Waals surface area contributed by atoms with Crippen LogP contribution in [-0.2, 0) is 0 Å². The fourth-order valence-electron chi connectivity index (χ4n) is 2.51. The van der Waals surface area contributed by atoms with Gasteiger partial charge in [-0.05, 0) is 52.6 Å². The molecular formula is C13H28N2. The van der Waals surface area contributed by atoms with Gasteiger partial charge in [0.05, 0.1) is 0 Å². The van der Waals surface area contributed by atoms with E-state index in [0.717, 1.165) is 18.1 Å². The smallest absolute Gasteiger partial charge is 0.0110 e. The molecule has 0 amide bonds. The average molecular weight is 212 g/mol. The van der Waals surface area contributed by atoms with Crippen LogP contribution in [-0.4, -0.2) is 36.6 Å². The van der Waals surface area contributed by atoms with Crippen LogP contribution in [0.25, 0.3) is 0 Å². The highest BCUT2D eigenvalue weighted by molar-refractivity contribution is 4.87. The molecular weight excluding hydrogens is 184 g/mol. The summed E-state index contributed by atoms with van der Waals surface area (Å²) >= 11 is 0. The molecule has 0 radical (unpaired) electrons. The summed E-state index contributed by atoms with van der Waals surface area (Å²) in [6.45, 7) is 8.05. The van der Waals surface area contributed by atoms with Gasteiger partial charge in [0.15, 0.2) is 0 Å². The van der Waals surface area contributed by atoms with Crippen LogP contribution in [0.4, 0.5) is 0 Å². The molecule has 1 aliphatic carbocycles. The van der Waals surface area contributed by atoms with Crippen LogP contribution in [0.15, 0.2) is 0 Å². The van der Waals surface area contributed by atoms with Gasteiger partial charge < -0.3 is 10.2 Å². The normalized spacial score (nSPS) is 28.6. The van der Waals surface area contributed by atoms with Crippen molar-refractivity contribution >= 4 is 0 Å². The molecule has 0 spiro atoms. The summed E-state index contributed by atoms with van der Waals surface area (Å²) in [7, 11) is 2.29. The number of nitrogens with one attached hydrogen (secondary N) is 1. The Bertz CT molecular complexity index is 170. The highest BCUT2D eigenvalue weighted by atomic mass is 15.2. The quantitative estimate of drug-likeness (QED) is 0.728. The summed E-state index contributed by atoms with van der Waals surface area (Å²) in [5, 5.41) is 3.65. The predicted molar refractivity (Wildman–Crippen MR) is 67.2 cm³/mol. The van der Waals surface area contributed by atoms with E-state index >= 15 is 0 Å². The SMILES string of the molecule is CCCNC1CCC(N(C)C(C)CC)C1. The second-order valence-electron chi connectivity index (χ2n) is 5.04. The van der Waals surface area contributed by atoms with E-state index in [-0.39, 0.29) is 0 Å². The third-order valence-corrected chi connectivity index (χ3v) is 3.95. The number of hydrogen-bond donors (Lipinski definition) is 1. The molecule has 0 aromatic heterocycles. The Morgan fingerprint density at radius 1 is 1.33 bits per heavy atom. The van der Waals surface area contributed by atoms with E-state index in [4.69, 9.17) is 0 Å². The van der Waals surface area contributed by atoms with E-state index in [9.17, 15) is 0 Å². The molecule has 2 heteroatoms. The van der Waals surface area contributed by atoms with Gasteiger partial charge in [-0.25, -0.2) is 0 Å². The summed E-state index contributed by atoms with van der Waals surface area (Å²) in [5.41, 5.74) is 0. The van der Waals surface area contributed by atoms with Gasteiger partial charge in [0.1, 0.15) is 0 Å². The lowest BCUT2D eigenvalue weighted by Gasteiger charge is -2.30. The molecule has 3 unspecified atom stereocenters. The van der Waals surface area contributed by atoms with Crippen molar-refractivity contribution in [3.8, 4) is 0 Å². The molecule has 1 aliphatic rings. The molecule has 1 rings (SSSR count). The van der Waals surface area contributed by atoms with Gasteiger partial charge >= 0.3 is 0 Å². The van der Waals surface area contributed by atoms with Crippen molar-refractivity contribution in [2.75, 3.05) is 13.6 Å². The summed E-state index contributed by atoms with van der Waals surface area (Å²) < 4.78 is 0. The van der Waals surface area contributed by atoms with Crippen LogP contribution < -0.4 is 5.32 Å². The zero-order valence-corrected chi connectivity index (χ0v) is 10.9. The summed E-state index contributed by atoms with van der Waals surface area (Å²) in [6, 6.07) is 2.33. The van der Waals surface area contributed by atoms with Crippen molar-refractivity contribution in [1.29, 1.82) is 0 Å². The summed E-state index contributed by atoms with van der Waals surface area (Å²) in [6.07, 6.45) is 6.61. The highest BCUT2D eigenvalue weighted by Crippen LogP contribution is 2.25. The van der Waals surface area contributed by atoms with E-state index in [1.807, 2.05) is 0 Å². The van der Waals surface area contributed by atoms with Crippen molar-refractivity contribution in [2.24, 2.45) is 0 Å². The molecule has 2 nitrogen and oxygen atoms in total. The third-order valence-electron chi connectivity index (χ3n) is 3.95. The van der Waals surface area contributed by atoms with Gasteiger partial charge in [0, 0.05) is 18.1 Å². The summed E-state index contributed by atoms with van der Waals surface area (Å²) in [5.74, 6) is 0. The third kappa shape index (κ3) is 3.76. The maximum Gasteiger partial charge on any atom is 0.0110 e. The summed E-state index contributed by atoms with van der Waals surface area (Å²) in [4.78, 5) is 2.58. The van der Waals surface area contributed by atoms with Gasteiger partial charge in [-0.1, -0.05) is 13.8 Å². The van der Waals surface area contributed by atoms with Crippen molar-refractivity contribution < 1.29 is 0 Å². The molecule has 0 aromatic carbocycles. The number of rotatable bonds is 6. The lowest BCUT2D eigenvalue weighted by molar-refractivity contribution is 0.180. The largest absolute Gasteiger partial charge is 0.314 e. The zero-order chi connectivity index (χ0) is 11.3. The van der Waals surface area contributed by atoms with Crippen LogP contribution >= 0.6 is 0 Å². The van der Waals surface area contributed by atoms with Crippen LogP contribution in [0.1, 0.15) is 52.9 Å². The minimum Gasteiger partial charge on any atom is -0.314 e. The number of hydrogen-bond acceptors (Lipinski definition) is 2. The monoisotopic (exact) mass is 212 g/mol. The molecule has 1 fully saturated rings. The van der Waals surface area contributed by atoms with Crippen molar-refractivity contribution in [1.82, 2.24) is 10.2 Å². The molecule has 0 saturated heterocycles. The van der Waals surface area contributed by atoms with E-state index < -0.39 is 0 Å². The average Bonchev–Trinajstić information content (AvgIpc) is 2.72. The first-order valence-corrected chi connectivity index (χ1v) is 6.64. The fourth-order valence-corrected chi connectivity index (χ4v) is 2.51. The van der Waals surface area contributed by atoms with Crippen molar-refractivity contribution in [2.45, 2.75) is 71.0 Å². The Labute approximate surface area is 95.4 Å². The van der Waals surface area contributed by atoms with Gasteiger partial charge in [-0.15, -0.1) is 0 Å². The molecule has 1 saturated carbocycles. The Hall–Kier alpha value is -0.0800. The number of nitrogens with zero attached hydrogens (tertiary/aromatic N) is 1. The van der Waals surface area contributed by atoms with E-state index in [1.165, 1.54) is 38.6 Å². The molecule has 0 aliphatic heterocycles. The Kier molecular flexibility index (Phi) is 5.62. The van der Waals surface area contributed by atoms with Crippen molar-refractivity contribution in [3.63, 3.8) is 0 Å². The van der Waals surface area contributed by atoms with Gasteiger partial charge in [-0.3, -0.25) is 0 Å². The zero-order valence-electron chi connectivity index (χ0n) is 10.9. The first-order valence-electron chi connectivity index (χ1n) is 6.64. The Morgan fingerprint density at radius 2 is 2.07 bits per heavy atom. The molecule has 3 atom stereocenters. The lowest BCUT2D eigenvalue weighted by atomic mass is 10.1. The predicted octanol–water partition coefficient (Wildman–Crippen LogP) is 2.64. The molecule has 0 aromatic rings. The first-order chi connectivity index (χ1) is 7.19. The Balaban J connectivity index is 2.28. The minimum atomic E-state index is 0.736. The minimum absolute atomic E-state index is 0.736. The second-order valence-corrected chi connectivity index (χ2v) is 5.04. The van der Waals surface area contributed by atoms with Crippen LogP contribution in [0.2, 0.25) is 0 Å². The van der Waals surface area contributed by atoms with Crippen LogP contribution in [0.5, 0.6) is 0 Å². The second kappa shape index (κ2) is 6.49. The molecule has 0 bridgehead atoms. The first kappa shape index (κ1) is 13.0. The van der Waals surface area contributed by atoms with Gasteiger partial charge in [-0.2, -0.15) is 0 Å². The van der Waals surface area contributed by atoms with Crippen LogP contribution in [0.3, 0.4) is 0 Å². The fraction of sp³-hybridized carbons (Fsp3) is 1.00. The maximum absolute atomic E-state index is 3.65. The molecule has 0 heterocycles. The van der Waals surface area contributed by atoms with Crippen LogP contribution in [0, 0.1) is 0 Å². The molecule has 90 valence electrons. The van der Waals surface area contributed by atoms with E-state index in [1.54, 1.807) is 0 Å².